The Balaban J connectivity index is 2.23. The minimum atomic E-state index is 0.381. The molecule has 0 saturated carbocycles. The molecule has 1 saturated heterocycles. The molecule has 1 heterocycles. The van der Waals surface area contributed by atoms with Crippen LogP contribution in [0.15, 0.2) is 0 Å². The van der Waals surface area contributed by atoms with Crippen LogP contribution in [0.4, 0.5) is 0 Å². The van der Waals surface area contributed by atoms with E-state index in [0.717, 1.165) is 13.0 Å². The van der Waals surface area contributed by atoms with Crippen molar-refractivity contribution in [3.63, 3.8) is 0 Å². The minimum absolute atomic E-state index is 0.381. The van der Waals surface area contributed by atoms with Gasteiger partial charge in [0.25, 0.3) is 0 Å². The van der Waals surface area contributed by atoms with Crippen LogP contribution >= 0.6 is 25.3 Å². The molecule has 3 heteroatoms. The number of hydrogen-bond donors (Lipinski definition) is 3. The zero-order valence-electron chi connectivity index (χ0n) is 4.67. The summed E-state index contributed by atoms with van der Waals surface area (Å²) in [5.41, 5.74) is 0. The predicted octanol–water partition coefficient (Wildman–Crippen LogP) is 0.924. The summed E-state index contributed by atoms with van der Waals surface area (Å²) in [7, 11) is 0. The molecule has 48 valence electrons. The van der Waals surface area contributed by atoms with Crippen LogP contribution < -0.4 is 5.32 Å². The van der Waals surface area contributed by atoms with Crippen LogP contribution in [0.1, 0.15) is 12.8 Å². The Hall–Kier alpha value is 0.660. The molecule has 1 aliphatic rings. The molecular formula is C5H11NS2. The van der Waals surface area contributed by atoms with Gasteiger partial charge < -0.3 is 5.32 Å². The fourth-order valence-electron chi connectivity index (χ4n) is 0.875. The Morgan fingerprint density at radius 1 is 1.38 bits per heavy atom. The average molecular weight is 149 g/mol. The van der Waals surface area contributed by atoms with Gasteiger partial charge in [0.15, 0.2) is 0 Å². The van der Waals surface area contributed by atoms with Crippen molar-refractivity contribution >= 4 is 25.3 Å². The molecular weight excluding hydrogens is 138 g/mol. The maximum Gasteiger partial charge on any atom is 0.0512 e. The van der Waals surface area contributed by atoms with E-state index in [1.54, 1.807) is 0 Å². The molecule has 0 amide bonds. The molecule has 1 nitrogen and oxygen atoms in total. The standard InChI is InChI=1S/C5H11NS2/c7-4-1-2-6-5(8)3-4/h4-8H,1-3H2. The zero-order chi connectivity index (χ0) is 5.98. The van der Waals surface area contributed by atoms with Crippen molar-refractivity contribution in [2.45, 2.75) is 23.5 Å². The first-order valence-corrected chi connectivity index (χ1v) is 3.92. The van der Waals surface area contributed by atoms with Crippen molar-refractivity contribution in [2.75, 3.05) is 6.54 Å². The van der Waals surface area contributed by atoms with Crippen LogP contribution in [0.2, 0.25) is 0 Å². The molecule has 0 aromatic carbocycles. The number of rotatable bonds is 0. The summed E-state index contributed by atoms with van der Waals surface area (Å²) < 4.78 is 0. The third-order valence-electron chi connectivity index (χ3n) is 1.35. The van der Waals surface area contributed by atoms with Crippen molar-refractivity contribution in [2.24, 2.45) is 0 Å². The summed E-state index contributed by atoms with van der Waals surface area (Å²) in [6.45, 7) is 1.07. The van der Waals surface area contributed by atoms with Gasteiger partial charge in [0.2, 0.25) is 0 Å². The zero-order valence-corrected chi connectivity index (χ0v) is 6.46. The highest BCUT2D eigenvalue weighted by atomic mass is 32.1. The van der Waals surface area contributed by atoms with Gasteiger partial charge in [-0.2, -0.15) is 25.3 Å². The number of hydrogen-bond acceptors (Lipinski definition) is 3. The van der Waals surface area contributed by atoms with Crippen LogP contribution in [0.5, 0.6) is 0 Å². The summed E-state index contributed by atoms with van der Waals surface area (Å²) in [4.78, 5) is 0. The summed E-state index contributed by atoms with van der Waals surface area (Å²) in [5, 5.41) is 4.18. The second kappa shape index (κ2) is 2.99. The van der Waals surface area contributed by atoms with Crippen molar-refractivity contribution in [3.05, 3.63) is 0 Å². The van der Waals surface area contributed by atoms with E-state index >= 15 is 0 Å². The maximum absolute atomic E-state index is 4.33. The molecule has 0 aliphatic carbocycles. The Labute approximate surface area is 61.1 Å². The topological polar surface area (TPSA) is 12.0 Å². The summed E-state index contributed by atoms with van der Waals surface area (Å²) in [6, 6.07) is 0. The monoisotopic (exact) mass is 149 g/mol. The Kier molecular flexibility index (Phi) is 2.53. The van der Waals surface area contributed by atoms with Gasteiger partial charge >= 0.3 is 0 Å². The SMILES string of the molecule is SC1CCNC(S)C1. The second-order valence-electron chi connectivity index (χ2n) is 2.15. The first-order valence-electron chi connectivity index (χ1n) is 2.88. The molecule has 2 atom stereocenters. The molecule has 1 N–H and O–H groups in total. The molecule has 0 spiro atoms. The first-order chi connectivity index (χ1) is 3.79. The van der Waals surface area contributed by atoms with E-state index < -0.39 is 0 Å². The second-order valence-corrected chi connectivity index (χ2v) is 3.50. The van der Waals surface area contributed by atoms with Crippen LogP contribution in [0.25, 0.3) is 0 Å². The van der Waals surface area contributed by atoms with Crippen molar-refractivity contribution in [1.29, 1.82) is 0 Å². The fourth-order valence-corrected chi connectivity index (χ4v) is 1.77. The molecule has 0 bridgehead atoms. The van der Waals surface area contributed by atoms with E-state index in [1.165, 1.54) is 6.42 Å². The lowest BCUT2D eigenvalue weighted by Gasteiger charge is -2.23. The van der Waals surface area contributed by atoms with E-state index in [-0.39, 0.29) is 0 Å². The lowest BCUT2D eigenvalue weighted by Crippen LogP contribution is -2.34. The van der Waals surface area contributed by atoms with Crippen LogP contribution in [0.3, 0.4) is 0 Å². The van der Waals surface area contributed by atoms with Gasteiger partial charge in [-0.1, -0.05) is 0 Å². The Bertz CT molecular complexity index is 68.8. The largest absolute Gasteiger partial charge is 0.305 e. The quantitative estimate of drug-likeness (QED) is 0.435. The van der Waals surface area contributed by atoms with Gasteiger partial charge in [-0.25, -0.2) is 0 Å². The number of piperidine rings is 1. The highest BCUT2D eigenvalue weighted by Crippen LogP contribution is 2.15. The maximum atomic E-state index is 4.33. The van der Waals surface area contributed by atoms with E-state index in [1.807, 2.05) is 0 Å². The lowest BCUT2D eigenvalue weighted by atomic mass is 10.2. The van der Waals surface area contributed by atoms with Gasteiger partial charge in [-0.15, -0.1) is 0 Å². The van der Waals surface area contributed by atoms with Crippen molar-refractivity contribution in [3.8, 4) is 0 Å². The highest BCUT2D eigenvalue weighted by Gasteiger charge is 2.14. The third kappa shape index (κ3) is 1.88. The van der Waals surface area contributed by atoms with Crippen LogP contribution in [-0.4, -0.2) is 17.2 Å². The predicted molar refractivity (Wildman–Crippen MR) is 42.8 cm³/mol. The van der Waals surface area contributed by atoms with Gasteiger partial charge in [0, 0.05) is 5.25 Å². The molecule has 8 heavy (non-hydrogen) atoms. The van der Waals surface area contributed by atoms with Gasteiger partial charge in [0.05, 0.1) is 5.37 Å². The van der Waals surface area contributed by atoms with Crippen molar-refractivity contribution in [1.82, 2.24) is 5.32 Å². The summed E-state index contributed by atoms with van der Waals surface area (Å²) in [6.07, 6.45) is 2.27. The number of thiol groups is 2. The normalized spacial score (nSPS) is 39.8. The van der Waals surface area contributed by atoms with E-state index in [2.05, 4.69) is 30.6 Å². The lowest BCUT2D eigenvalue weighted by molar-refractivity contribution is 0.506. The van der Waals surface area contributed by atoms with Gasteiger partial charge in [0.1, 0.15) is 0 Å². The minimum Gasteiger partial charge on any atom is -0.305 e. The Morgan fingerprint density at radius 2 is 2.12 bits per heavy atom. The van der Waals surface area contributed by atoms with E-state index in [4.69, 9.17) is 0 Å². The van der Waals surface area contributed by atoms with E-state index in [9.17, 15) is 0 Å². The highest BCUT2D eigenvalue weighted by molar-refractivity contribution is 7.81. The van der Waals surface area contributed by atoms with Crippen LogP contribution in [0, 0.1) is 0 Å². The van der Waals surface area contributed by atoms with Gasteiger partial charge in [-0.3, -0.25) is 0 Å². The fraction of sp³-hybridized carbons (Fsp3) is 1.00. The van der Waals surface area contributed by atoms with Crippen LogP contribution in [-0.2, 0) is 0 Å². The third-order valence-corrected chi connectivity index (χ3v) is 2.22. The molecule has 0 radical (unpaired) electrons. The first kappa shape index (κ1) is 6.78. The molecule has 0 aromatic heterocycles. The molecule has 1 fully saturated rings. The average Bonchev–Trinajstić information content (AvgIpc) is 1.64. The number of nitrogens with one attached hydrogen (secondary N) is 1. The van der Waals surface area contributed by atoms with Gasteiger partial charge in [-0.05, 0) is 19.4 Å². The molecule has 1 aliphatic heterocycles. The Morgan fingerprint density at radius 3 is 2.50 bits per heavy atom. The summed E-state index contributed by atoms with van der Waals surface area (Å²) >= 11 is 8.59. The van der Waals surface area contributed by atoms with Crippen molar-refractivity contribution < 1.29 is 0 Å². The molecule has 2 unspecified atom stereocenters. The molecule has 1 rings (SSSR count). The molecule has 0 aromatic rings. The smallest absolute Gasteiger partial charge is 0.0512 e. The summed E-state index contributed by atoms with van der Waals surface area (Å²) in [5.74, 6) is 0. The van der Waals surface area contributed by atoms with E-state index in [0.29, 0.717) is 10.6 Å².